The molecule has 0 aliphatic carbocycles. The topological polar surface area (TPSA) is 76.2 Å². The van der Waals surface area contributed by atoms with Crippen molar-refractivity contribution in [2.45, 2.75) is 19.4 Å². The second-order valence-electron chi connectivity index (χ2n) is 3.05. The van der Waals surface area contributed by atoms with Crippen LogP contribution < -0.4 is 5.73 Å². The molecule has 0 atom stereocenters. The predicted octanol–water partition coefficient (Wildman–Crippen LogP) is 1.71. The third kappa shape index (κ3) is 3.08. The van der Waals surface area contributed by atoms with Crippen LogP contribution in [0.3, 0.4) is 0 Å². The minimum Gasteiger partial charge on any atom is -0.481 e. The molecular formula is C9H9F2IN2O2. The van der Waals surface area contributed by atoms with Gasteiger partial charge in [-0.3, -0.25) is 4.79 Å². The molecule has 88 valence electrons. The molecule has 0 saturated carbocycles. The lowest BCUT2D eigenvalue weighted by atomic mass is 10.1. The molecule has 1 heterocycles. The lowest BCUT2D eigenvalue weighted by molar-refractivity contribution is -0.136. The maximum Gasteiger partial charge on any atom is 0.307 e. The number of alkyl halides is 2. The molecule has 0 spiro atoms. The molecule has 1 rings (SSSR count). The van der Waals surface area contributed by atoms with Gasteiger partial charge in [0.2, 0.25) is 0 Å². The van der Waals surface area contributed by atoms with Gasteiger partial charge >= 0.3 is 5.97 Å². The van der Waals surface area contributed by atoms with Crippen molar-refractivity contribution in [3.63, 3.8) is 0 Å². The van der Waals surface area contributed by atoms with Crippen LogP contribution >= 0.6 is 22.6 Å². The Labute approximate surface area is 104 Å². The summed E-state index contributed by atoms with van der Waals surface area (Å²) in [6, 6.07) is 1.16. The molecule has 4 nitrogen and oxygen atoms in total. The van der Waals surface area contributed by atoms with Crippen molar-refractivity contribution in [1.29, 1.82) is 0 Å². The van der Waals surface area contributed by atoms with E-state index in [1.807, 2.05) is 0 Å². The summed E-state index contributed by atoms with van der Waals surface area (Å²) in [6.45, 7) is 0.0299. The first kappa shape index (κ1) is 13.2. The zero-order valence-corrected chi connectivity index (χ0v) is 10.2. The Morgan fingerprint density at radius 3 is 2.69 bits per heavy atom. The highest BCUT2D eigenvalue weighted by molar-refractivity contribution is 14.1. The Kier molecular flexibility index (Phi) is 4.54. The van der Waals surface area contributed by atoms with Crippen molar-refractivity contribution in [2.24, 2.45) is 5.73 Å². The minimum atomic E-state index is -2.67. The normalized spacial score (nSPS) is 10.8. The molecule has 1 aromatic heterocycles. The Hall–Kier alpha value is -0.830. The van der Waals surface area contributed by atoms with E-state index in [9.17, 15) is 13.6 Å². The molecule has 1 aromatic rings. The number of halogens is 3. The van der Waals surface area contributed by atoms with Crippen LogP contribution in [0.25, 0.3) is 0 Å². The summed E-state index contributed by atoms with van der Waals surface area (Å²) in [4.78, 5) is 14.4. The number of aliphatic carboxylic acids is 1. The second kappa shape index (κ2) is 5.48. The molecule has 0 bridgehead atoms. The van der Waals surface area contributed by atoms with Crippen molar-refractivity contribution in [2.75, 3.05) is 0 Å². The Balaban J connectivity index is 3.22. The number of aromatic nitrogens is 1. The molecule has 0 aliphatic rings. The SMILES string of the molecule is NCc1nc(I)c(C(F)F)cc1CC(=O)O. The third-order valence-electron chi connectivity index (χ3n) is 1.94. The van der Waals surface area contributed by atoms with E-state index in [1.165, 1.54) is 0 Å². The first-order chi connectivity index (χ1) is 7.45. The van der Waals surface area contributed by atoms with Crippen LogP contribution in [0.15, 0.2) is 6.07 Å². The van der Waals surface area contributed by atoms with E-state index < -0.39 is 12.4 Å². The smallest absolute Gasteiger partial charge is 0.307 e. The van der Waals surface area contributed by atoms with Gasteiger partial charge in [0.05, 0.1) is 12.1 Å². The average Bonchev–Trinajstić information content (AvgIpc) is 2.18. The standard InChI is InChI=1S/C9H9F2IN2O2/c10-8(11)5-1-4(2-7(15)16)6(3-13)14-9(5)12/h1,8H,2-3,13H2,(H,15,16). The van der Waals surface area contributed by atoms with E-state index in [1.54, 1.807) is 22.6 Å². The van der Waals surface area contributed by atoms with Crippen molar-refractivity contribution < 1.29 is 18.7 Å². The van der Waals surface area contributed by atoms with Gasteiger partial charge in [-0.1, -0.05) is 0 Å². The summed E-state index contributed by atoms with van der Waals surface area (Å²) in [5.74, 6) is -1.10. The van der Waals surface area contributed by atoms with E-state index in [2.05, 4.69) is 4.98 Å². The summed E-state index contributed by atoms with van der Waals surface area (Å²) in [7, 11) is 0. The molecule has 0 aromatic carbocycles. The molecule has 0 unspecified atom stereocenters. The molecule has 0 radical (unpaired) electrons. The van der Waals surface area contributed by atoms with E-state index in [0.717, 1.165) is 6.07 Å². The Bertz CT molecular complexity index is 413. The highest BCUT2D eigenvalue weighted by atomic mass is 127. The number of carbonyl (C=O) groups is 1. The number of hydrogen-bond acceptors (Lipinski definition) is 3. The van der Waals surface area contributed by atoms with Crippen LogP contribution in [0, 0.1) is 3.70 Å². The predicted molar refractivity (Wildman–Crippen MR) is 61.1 cm³/mol. The molecule has 0 amide bonds. The van der Waals surface area contributed by atoms with Crippen LogP contribution in [-0.4, -0.2) is 16.1 Å². The van der Waals surface area contributed by atoms with E-state index in [0.29, 0.717) is 5.69 Å². The van der Waals surface area contributed by atoms with Gasteiger partial charge in [-0.2, -0.15) is 0 Å². The van der Waals surface area contributed by atoms with Crippen molar-refractivity contribution >= 4 is 28.6 Å². The highest BCUT2D eigenvalue weighted by Gasteiger charge is 2.17. The van der Waals surface area contributed by atoms with Crippen LogP contribution in [0.1, 0.15) is 23.2 Å². The third-order valence-corrected chi connectivity index (χ3v) is 2.81. The second-order valence-corrected chi connectivity index (χ2v) is 4.07. The number of pyridine rings is 1. The fourth-order valence-corrected chi connectivity index (χ4v) is 1.91. The average molecular weight is 342 g/mol. The zero-order valence-electron chi connectivity index (χ0n) is 8.08. The van der Waals surface area contributed by atoms with Crippen molar-refractivity contribution in [3.8, 4) is 0 Å². The van der Waals surface area contributed by atoms with Crippen LogP contribution in [0.2, 0.25) is 0 Å². The monoisotopic (exact) mass is 342 g/mol. The quantitative estimate of drug-likeness (QED) is 0.645. The summed E-state index contributed by atoms with van der Waals surface area (Å²) in [5.41, 5.74) is 5.70. The number of hydrogen-bond donors (Lipinski definition) is 2. The van der Waals surface area contributed by atoms with Gasteiger partial charge in [0.1, 0.15) is 3.70 Å². The number of carboxylic acid groups (broad SMARTS) is 1. The Morgan fingerprint density at radius 1 is 1.62 bits per heavy atom. The van der Waals surface area contributed by atoms with Gasteiger partial charge in [0.25, 0.3) is 6.43 Å². The molecule has 0 aliphatic heterocycles. The summed E-state index contributed by atoms with van der Waals surface area (Å²) >= 11 is 1.68. The maximum absolute atomic E-state index is 12.6. The van der Waals surface area contributed by atoms with Gasteiger partial charge in [-0.05, 0) is 34.2 Å². The highest BCUT2D eigenvalue weighted by Crippen LogP contribution is 2.25. The van der Waals surface area contributed by atoms with Gasteiger partial charge < -0.3 is 10.8 Å². The van der Waals surface area contributed by atoms with E-state index in [-0.39, 0.29) is 27.8 Å². The first-order valence-corrected chi connectivity index (χ1v) is 5.41. The molecule has 7 heteroatoms. The van der Waals surface area contributed by atoms with Crippen LogP contribution in [0.4, 0.5) is 8.78 Å². The molecule has 16 heavy (non-hydrogen) atoms. The fraction of sp³-hybridized carbons (Fsp3) is 0.333. The summed E-state index contributed by atoms with van der Waals surface area (Å²) in [5, 5.41) is 8.63. The number of carboxylic acids is 1. The van der Waals surface area contributed by atoms with Gasteiger partial charge in [-0.15, -0.1) is 0 Å². The maximum atomic E-state index is 12.6. The number of nitrogens with zero attached hydrogens (tertiary/aromatic N) is 1. The molecule has 0 fully saturated rings. The van der Waals surface area contributed by atoms with Crippen molar-refractivity contribution in [1.82, 2.24) is 4.98 Å². The van der Waals surface area contributed by atoms with Crippen molar-refractivity contribution in [3.05, 3.63) is 26.6 Å². The van der Waals surface area contributed by atoms with Crippen LogP contribution in [-0.2, 0) is 17.8 Å². The fourth-order valence-electron chi connectivity index (χ4n) is 1.23. The van der Waals surface area contributed by atoms with Gasteiger partial charge in [-0.25, -0.2) is 13.8 Å². The summed E-state index contributed by atoms with van der Waals surface area (Å²) < 4.78 is 25.3. The van der Waals surface area contributed by atoms with E-state index >= 15 is 0 Å². The van der Waals surface area contributed by atoms with E-state index in [4.69, 9.17) is 10.8 Å². The molecule has 0 saturated heterocycles. The largest absolute Gasteiger partial charge is 0.481 e. The zero-order chi connectivity index (χ0) is 12.3. The summed E-state index contributed by atoms with van der Waals surface area (Å²) in [6.07, 6.45) is -3.02. The number of nitrogens with two attached hydrogens (primary N) is 1. The lowest BCUT2D eigenvalue weighted by Gasteiger charge is -2.09. The Morgan fingerprint density at radius 2 is 2.25 bits per heavy atom. The molecule has 3 N–H and O–H groups in total. The first-order valence-electron chi connectivity index (χ1n) is 4.34. The van der Waals surface area contributed by atoms with Crippen LogP contribution in [0.5, 0.6) is 0 Å². The minimum absolute atomic E-state index is 0.0299. The molecular weight excluding hydrogens is 333 g/mol. The van der Waals surface area contributed by atoms with Gasteiger partial charge in [0.15, 0.2) is 0 Å². The van der Waals surface area contributed by atoms with Gasteiger partial charge in [0, 0.05) is 12.1 Å². The lowest BCUT2D eigenvalue weighted by Crippen LogP contribution is -2.11. The number of rotatable bonds is 4.